The van der Waals surface area contributed by atoms with Gasteiger partial charge in [-0.2, -0.15) is 0 Å². The maximum Gasteiger partial charge on any atom is 0.0567 e. The van der Waals surface area contributed by atoms with Crippen LogP contribution in [0.4, 0.5) is 0 Å². The standard InChI is InChI=1S/C15H26N2O/c18-13-4-6-17-9-11-7-12(15(17)8-13)10-16-5-2-1-3-14(11)16/h11-15,18H,1-10H2/t11-,12-,13+,14+,15-/m0/s1. The molecule has 18 heavy (non-hydrogen) atoms. The highest BCUT2D eigenvalue weighted by Crippen LogP contribution is 2.42. The molecule has 1 N–H and O–H groups in total. The van der Waals surface area contributed by atoms with Gasteiger partial charge in [0, 0.05) is 31.7 Å². The van der Waals surface area contributed by atoms with E-state index in [1.165, 1.54) is 45.3 Å². The molecule has 0 radical (unpaired) electrons. The molecule has 4 aliphatic heterocycles. The summed E-state index contributed by atoms with van der Waals surface area (Å²) in [6.07, 6.45) is 7.76. The lowest BCUT2D eigenvalue weighted by molar-refractivity contribution is -0.0900. The number of hydrogen-bond donors (Lipinski definition) is 1. The zero-order valence-electron chi connectivity index (χ0n) is 11.3. The van der Waals surface area contributed by atoms with Crippen LogP contribution in [-0.4, -0.2) is 59.3 Å². The Morgan fingerprint density at radius 3 is 2.44 bits per heavy atom. The van der Waals surface area contributed by atoms with Crippen molar-refractivity contribution in [2.45, 2.75) is 56.7 Å². The minimum Gasteiger partial charge on any atom is -0.393 e. The van der Waals surface area contributed by atoms with Gasteiger partial charge in [0.05, 0.1) is 6.10 Å². The van der Waals surface area contributed by atoms with Crippen molar-refractivity contribution in [2.24, 2.45) is 11.8 Å². The van der Waals surface area contributed by atoms with E-state index in [0.717, 1.165) is 37.3 Å². The van der Waals surface area contributed by atoms with E-state index in [1.54, 1.807) is 0 Å². The van der Waals surface area contributed by atoms with Crippen LogP contribution in [0.5, 0.6) is 0 Å². The first-order chi connectivity index (χ1) is 8.81. The number of hydrogen-bond acceptors (Lipinski definition) is 3. The monoisotopic (exact) mass is 250 g/mol. The number of aliphatic hydroxyl groups excluding tert-OH is 1. The molecule has 0 aliphatic carbocycles. The van der Waals surface area contributed by atoms with Gasteiger partial charge in [-0.05, 0) is 50.5 Å². The summed E-state index contributed by atoms with van der Waals surface area (Å²) in [7, 11) is 0. The molecule has 3 nitrogen and oxygen atoms in total. The fraction of sp³-hybridized carbons (Fsp3) is 1.00. The Labute approximate surface area is 110 Å². The molecule has 4 heterocycles. The van der Waals surface area contributed by atoms with Gasteiger partial charge in [-0.15, -0.1) is 0 Å². The van der Waals surface area contributed by atoms with E-state index in [4.69, 9.17) is 0 Å². The Morgan fingerprint density at radius 2 is 1.56 bits per heavy atom. The molecule has 0 amide bonds. The fourth-order valence-electron chi connectivity index (χ4n) is 5.22. The van der Waals surface area contributed by atoms with Crippen LogP contribution >= 0.6 is 0 Å². The molecule has 4 aliphatic rings. The number of aliphatic hydroxyl groups is 1. The summed E-state index contributed by atoms with van der Waals surface area (Å²) in [6.45, 7) is 5.11. The lowest BCUT2D eigenvalue weighted by Crippen LogP contribution is -2.64. The average molecular weight is 250 g/mol. The molecule has 0 aromatic rings. The van der Waals surface area contributed by atoms with Gasteiger partial charge in [0.15, 0.2) is 0 Å². The van der Waals surface area contributed by atoms with Crippen molar-refractivity contribution in [1.29, 1.82) is 0 Å². The minimum atomic E-state index is -0.0260. The van der Waals surface area contributed by atoms with Crippen molar-refractivity contribution in [3.8, 4) is 0 Å². The molecule has 4 saturated heterocycles. The van der Waals surface area contributed by atoms with Gasteiger partial charge in [-0.1, -0.05) is 6.42 Å². The first-order valence-corrected chi connectivity index (χ1v) is 7.97. The van der Waals surface area contributed by atoms with E-state index in [0.29, 0.717) is 6.04 Å². The molecule has 0 spiro atoms. The predicted molar refractivity (Wildman–Crippen MR) is 71.4 cm³/mol. The number of rotatable bonds is 0. The van der Waals surface area contributed by atoms with Gasteiger partial charge in [0.25, 0.3) is 0 Å². The smallest absolute Gasteiger partial charge is 0.0567 e. The Morgan fingerprint density at radius 1 is 0.778 bits per heavy atom. The summed E-state index contributed by atoms with van der Waals surface area (Å²) in [5.74, 6) is 1.77. The first-order valence-electron chi connectivity index (χ1n) is 7.97. The molecule has 4 fully saturated rings. The van der Waals surface area contributed by atoms with Gasteiger partial charge in [-0.25, -0.2) is 0 Å². The molecule has 0 saturated carbocycles. The van der Waals surface area contributed by atoms with Crippen LogP contribution in [0.2, 0.25) is 0 Å². The van der Waals surface area contributed by atoms with E-state index in [2.05, 4.69) is 9.80 Å². The summed E-state index contributed by atoms with van der Waals surface area (Å²) in [5.41, 5.74) is 0. The van der Waals surface area contributed by atoms with Crippen molar-refractivity contribution in [2.75, 3.05) is 26.2 Å². The number of piperidine rings is 4. The largest absolute Gasteiger partial charge is 0.393 e. The third-order valence-electron chi connectivity index (χ3n) is 6.03. The summed E-state index contributed by atoms with van der Waals surface area (Å²) < 4.78 is 0. The van der Waals surface area contributed by atoms with Gasteiger partial charge < -0.3 is 5.11 Å². The van der Waals surface area contributed by atoms with E-state index >= 15 is 0 Å². The zero-order valence-corrected chi connectivity index (χ0v) is 11.3. The second-order valence-electron chi connectivity index (χ2n) is 7.05. The molecule has 102 valence electrons. The van der Waals surface area contributed by atoms with Crippen molar-refractivity contribution in [1.82, 2.24) is 9.80 Å². The van der Waals surface area contributed by atoms with Gasteiger partial charge in [0.2, 0.25) is 0 Å². The Kier molecular flexibility index (Phi) is 2.90. The molecule has 0 unspecified atom stereocenters. The van der Waals surface area contributed by atoms with Crippen LogP contribution in [0.3, 0.4) is 0 Å². The molecule has 5 atom stereocenters. The van der Waals surface area contributed by atoms with E-state index in [1.807, 2.05) is 0 Å². The highest BCUT2D eigenvalue weighted by Gasteiger charge is 2.47. The van der Waals surface area contributed by atoms with Crippen molar-refractivity contribution < 1.29 is 5.11 Å². The average Bonchev–Trinajstić information content (AvgIpc) is 2.40. The third kappa shape index (κ3) is 1.83. The molecule has 2 bridgehead atoms. The van der Waals surface area contributed by atoms with E-state index in [9.17, 15) is 5.11 Å². The Bertz CT molecular complexity index is 322. The normalized spacial score (nSPS) is 49.5. The molecule has 0 aromatic heterocycles. The van der Waals surface area contributed by atoms with Crippen molar-refractivity contribution in [3.63, 3.8) is 0 Å². The van der Waals surface area contributed by atoms with Gasteiger partial charge >= 0.3 is 0 Å². The molecule has 4 rings (SSSR count). The fourth-order valence-corrected chi connectivity index (χ4v) is 5.22. The van der Waals surface area contributed by atoms with Gasteiger partial charge in [0.1, 0.15) is 0 Å². The Hall–Kier alpha value is -0.120. The maximum absolute atomic E-state index is 9.94. The first kappa shape index (κ1) is 11.7. The molecule has 0 aromatic carbocycles. The summed E-state index contributed by atoms with van der Waals surface area (Å²) in [4.78, 5) is 5.51. The van der Waals surface area contributed by atoms with E-state index < -0.39 is 0 Å². The van der Waals surface area contributed by atoms with Gasteiger partial charge in [-0.3, -0.25) is 9.80 Å². The van der Waals surface area contributed by atoms with Crippen LogP contribution in [0, 0.1) is 11.8 Å². The van der Waals surface area contributed by atoms with Crippen LogP contribution < -0.4 is 0 Å². The lowest BCUT2D eigenvalue weighted by atomic mass is 9.70. The number of fused-ring (bicyclic) bond motifs is 6. The number of nitrogens with zero attached hydrogens (tertiary/aromatic N) is 2. The Balaban J connectivity index is 1.55. The SMILES string of the molecule is O[C@@H]1CCN2C[C@@H]3C[C@@H](CN4CCCC[C@H]34)[C@@H]2C1. The second-order valence-corrected chi connectivity index (χ2v) is 7.05. The van der Waals surface area contributed by atoms with Crippen LogP contribution in [-0.2, 0) is 0 Å². The molecular weight excluding hydrogens is 224 g/mol. The summed E-state index contributed by atoms with van der Waals surface area (Å²) >= 11 is 0. The lowest BCUT2D eigenvalue weighted by Gasteiger charge is -2.57. The van der Waals surface area contributed by atoms with Crippen molar-refractivity contribution >= 4 is 0 Å². The zero-order chi connectivity index (χ0) is 12.1. The molecule has 3 heteroatoms. The quantitative estimate of drug-likeness (QED) is 0.702. The third-order valence-corrected chi connectivity index (χ3v) is 6.03. The topological polar surface area (TPSA) is 26.7 Å². The highest BCUT2D eigenvalue weighted by molar-refractivity contribution is 5.01. The van der Waals surface area contributed by atoms with Crippen LogP contribution in [0.25, 0.3) is 0 Å². The highest BCUT2D eigenvalue weighted by atomic mass is 16.3. The predicted octanol–water partition coefficient (Wildman–Crippen LogP) is 1.32. The van der Waals surface area contributed by atoms with Crippen molar-refractivity contribution in [3.05, 3.63) is 0 Å². The van der Waals surface area contributed by atoms with E-state index in [-0.39, 0.29) is 6.10 Å². The van der Waals surface area contributed by atoms with Crippen LogP contribution in [0.15, 0.2) is 0 Å². The maximum atomic E-state index is 9.94. The second kappa shape index (κ2) is 4.46. The van der Waals surface area contributed by atoms with Crippen LogP contribution in [0.1, 0.15) is 38.5 Å². The summed E-state index contributed by atoms with van der Waals surface area (Å²) in [5, 5.41) is 9.94. The summed E-state index contributed by atoms with van der Waals surface area (Å²) in [6, 6.07) is 1.58. The molecular formula is C15H26N2O. The minimum absolute atomic E-state index is 0.0260.